The van der Waals surface area contributed by atoms with Crippen LogP contribution >= 0.6 is 0 Å². The number of nitrogens with zero attached hydrogens (tertiary/aromatic N) is 3. The van der Waals surface area contributed by atoms with Gasteiger partial charge in [0.1, 0.15) is 11.9 Å². The third-order valence-electron chi connectivity index (χ3n) is 4.34. The Morgan fingerprint density at radius 1 is 1.43 bits per heavy atom. The van der Waals surface area contributed by atoms with Crippen LogP contribution in [0, 0.1) is 0 Å². The fourth-order valence-electron chi connectivity index (χ4n) is 2.83. The van der Waals surface area contributed by atoms with E-state index < -0.39 is 0 Å². The number of nitrogens with one attached hydrogen (secondary N) is 2. The highest BCUT2D eigenvalue weighted by Crippen LogP contribution is 2.14. The third-order valence-corrected chi connectivity index (χ3v) is 4.34. The highest BCUT2D eigenvalue weighted by molar-refractivity contribution is 5.82. The van der Waals surface area contributed by atoms with E-state index in [4.69, 9.17) is 4.74 Å². The largest absolute Gasteiger partial charge is 0.378 e. The molecule has 2 aliphatic rings. The lowest BCUT2D eigenvalue weighted by molar-refractivity contribution is -0.126. The van der Waals surface area contributed by atoms with Crippen LogP contribution in [-0.2, 0) is 16.1 Å². The van der Waals surface area contributed by atoms with Crippen LogP contribution < -0.4 is 15.5 Å². The maximum atomic E-state index is 12.1. The molecule has 0 bridgehead atoms. The number of pyridine rings is 1. The number of hydrogen-bond acceptors (Lipinski definition) is 6. The number of ether oxygens (including phenoxy) is 1. The predicted octanol–water partition coefficient (Wildman–Crippen LogP) is -0.562. The molecule has 1 aromatic rings. The molecule has 2 N–H and O–H groups in total. The normalized spacial score (nSPS) is 22.8. The minimum atomic E-state index is -0.248. The molecule has 2 saturated heterocycles. The third kappa shape index (κ3) is 4.40. The van der Waals surface area contributed by atoms with Gasteiger partial charge in [-0.1, -0.05) is 0 Å². The van der Waals surface area contributed by atoms with Gasteiger partial charge in [-0.15, -0.1) is 0 Å². The summed E-state index contributed by atoms with van der Waals surface area (Å²) >= 11 is 0. The molecule has 1 amide bonds. The molecule has 126 valence electrons. The van der Waals surface area contributed by atoms with Gasteiger partial charge in [0.2, 0.25) is 5.91 Å². The van der Waals surface area contributed by atoms with Gasteiger partial charge in [0, 0.05) is 45.5 Å². The lowest BCUT2D eigenvalue weighted by Gasteiger charge is -2.33. The van der Waals surface area contributed by atoms with Gasteiger partial charge in [-0.2, -0.15) is 0 Å². The monoisotopic (exact) mass is 319 g/mol. The number of rotatable bonds is 4. The summed E-state index contributed by atoms with van der Waals surface area (Å²) in [6, 6.07) is 3.77. The molecule has 1 aromatic heterocycles. The van der Waals surface area contributed by atoms with Crippen molar-refractivity contribution in [3.63, 3.8) is 0 Å². The van der Waals surface area contributed by atoms with Crippen molar-refractivity contribution in [1.82, 2.24) is 20.5 Å². The molecule has 0 aromatic carbocycles. The van der Waals surface area contributed by atoms with Gasteiger partial charge in [-0.3, -0.25) is 4.79 Å². The number of morpholine rings is 1. The van der Waals surface area contributed by atoms with Gasteiger partial charge in [0.15, 0.2) is 0 Å². The Kier molecular flexibility index (Phi) is 5.43. The quantitative estimate of drug-likeness (QED) is 0.775. The molecule has 23 heavy (non-hydrogen) atoms. The van der Waals surface area contributed by atoms with Crippen molar-refractivity contribution in [2.75, 3.05) is 57.9 Å². The van der Waals surface area contributed by atoms with E-state index >= 15 is 0 Å². The summed E-state index contributed by atoms with van der Waals surface area (Å²) in [5.74, 6) is 0.978. The van der Waals surface area contributed by atoms with Crippen LogP contribution in [0.3, 0.4) is 0 Å². The second-order valence-electron chi connectivity index (χ2n) is 6.11. The molecule has 0 radical (unpaired) electrons. The fraction of sp³-hybridized carbons (Fsp3) is 0.625. The van der Waals surface area contributed by atoms with Gasteiger partial charge in [0.25, 0.3) is 0 Å². The molecule has 7 nitrogen and oxygen atoms in total. The van der Waals surface area contributed by atoms with E-state index in [9.17, 15) is 4.79 Å². The molecule has 0 saturated carbocycles. The maximum absolute atomic E-state index is 12.1. The Morgan fingerprint density at radius 3 is 3.00 bits per heavy atom. The molecule has 1 atom stereocenters. The summed E-state index contributed by atoms with van der Waals surface area (Å²) in [6.07, 6.45) is 1.82. The number of anilines is 1. The minimum Gasteiger partial charge on any atom is -0.378 e. The van der Waals surface area contributed by atoms with Crippen LogP contribution in [0.2, 0.25) is 0 Å². The molecule has 1 unspecified atom stereocenters. The maximum Gasteiger partial charge on any atom is 0.239 e. The molecule has 2 aliphatic heterocycles. The number of carbonyl (C=O) groups excluding carboxylic acids is 1. The van der Waals surface area contributed by atoms with Crippen molar-refractivity contribution in [2.45, 2.75) is 12.6 Å². The number of amides is 1. The van der Waals surface area contributed by atoms with Gasteiger partial charge in [-0.25, -0.2) is 4.98 Å². The van der Waals surface area contributed by atoms with Gasteiger partial charge >= 0.3 is 0 Å². The van der Waals surface area contributed by atoms with Crippen LogP contribution in [-0.4, -0.2) is 74.8 Å². The Balaban J connectivity index is 1.54. The smallest absolute Gasteiger partial charge is 0.239 e. The average Bonchev–Trinajstić information content (AvgIpc) is 2.61. The highest BCUT2D eigenvalue weighted by atomic mass is 16.5. The molecule has 0 aliphatic carbocycles. The lowest BCUT2D eigenvalue weighted by Crippen LogP contribution is -2.51. The van der Waals surface area contributed by atoms with Crippen molar-refractivity contribution < 1.29 is 9.53 Å². The van der Waals surface area contributed by atoms with Crippen molar-refractivity contribution >= 4 is 11.7 Å². The minimum absolute atomic E-state index is 0.0114. The first kappa shape index (κ1) is 16.2. The van der Waals surface area contributed by atoms with E-state index in [2.05, 4.69) is 38.5 Å². The Bertz CT molecular complexity index is 525. The van der Waals surface area contributed by atoms with E-state index in [1.807, 2.05) is 12.3 Å². The zero-order valence-electron chi connectivity index (χ0n) is 13.6. The fourth-order valence-corrected chi connectivity index (χ4v) is 2.83. The summed E-state index contributed by atoms with van der Waals surface area (Å²) in [7, 11) is 2.14. The number of piperazine rings is 1. The lowest BCUT2D eigenvalue weighted by atomic mass is 10.2. The summed E-state index contributed by atoms with van der Waals surface area (Å²) in [4.78, 5) is 21.2. The predicted molar refractivity (Wildman–Crippen MR) is 88.4 cm³/mol. The second kappa shape index (κ2) is 7.72. The summed E-state index contributed by atoms with van der Waals surface area (Å²) in [5.41, 5.74) is 1.07. The van der Waals surface area contributed by atoms with Crippen molar-refractivity contribution in [3.05, 3.63) is 23.9 Å². The number of likely N-dealkylation sites (N-methyl/N-ethyl adjacent to an activating group) is 1. The molecule has 3 rings (SSSR count). The summed E-state index contributed by atoms with van der Waals surface area (Å²) in [6.45, 7) is 6.43. The van der Waals surface area contributed by atoms with Crippen molar-refractivity contribution in [3.8, 4) is 0 Å². The standard InChI is InChI=1S/C16H25N5O2/c1-20-5-7-21(8-6-20)15-10-13(2-3-18-15)11-19-16(22)14-12-23-9-4-17-14/h2-3,10,14,17H,4-9,11-12H2,1H3,(H,19,22). The van der Waals surface area contributed by atoms with Gasteiger partial charge in [0.05, 0.1) is 13.2 Å². The van der Waals surface area contributed by atoms with E-state index in [1.54, 1.807) is 0 Å². The van der Waals surface area contributed by atoms with Crippen molar-refractivity contribution in [1.29, 1.82) is 0 Å². The molecule has 0 spiro atoms. The van der Waals surface area contributed by atoms with Crippen LogP contribution in [0.25, 0.3) is 0 Å². The summed E-state index contributed by atoms with van der Waals surface area (Å²) in [5, 5.41) is 6.13. The topological polar surface area (TPSA) is 69.7 Å². The Morgan fingerprint density at radius 2 is 2.26 bits per heavy atom. The van der Waals surface area contributed by atoms with E-state index in [1.165, 1.54) is 0 Å². The molecular formula is C16H25N5O2. The van der Waals surface area contributed by atoms with Crippen LogP contribution in [0.4, 0.5) is 5.82 Å². The number of carbonyl (C=O) groups is 1. The van der Waals surface area contributed by atoms with Gasteiger partial charge < -0.3 is 25.2 Å². The average molecular weight is 319 g/mol. The van der Waals surface area contributed by atoms with E-state index in [0.29, 0.717) is 19.8 Å². The van der Waals surface area contributed by atoms with Crippen LogP contribution in [0.15, 0.2) is 18.3 Å². The van der Waals surface area contributed by atoms with Crippen LogP contribution in [0.5, 0.6) is 0 Å². The molecule has 3 heterocycles. The molecule has 2 fully saturated rings. The van der Waals surface area contributed by atoms with E-state index in [-0.39, 0.29) is 11.9 Å². The first-order chi connectivity index (χ1) is 11.2. The first-order valence-electron chi connectivity index (χ1n) is 8.19. The molecular weight excluding hydrogens is 294 g/mol. The first-order valence-corrected chi connectivity index (χ1v) is 8.19. The zero-order valence-corrected chi connectivity index (χ0v) is 13.6. The van der Waals surface area contributed by atoms with E-state index in [0.717, 1.165) is 44.1 Å². The number of hydrogen-bond donors (Lipinski definition) is 2. The van der Waals surface area contributed by atoms with Crippen LogP contribution in [0.1, 0.15) is 5.56 Å². The summed E-state index contributed by atoms with van der Waals surface area (Å²) < 4.78 is 5.32. The Labute approximate surface area is 137 Å². The van der Waals surface area contributed by atoms with Crippen molar-refractivity contribution in [2.24, 2.45) is 0 Å². The zero-order chi connectivity index (χ0) is 16.1. The second-order valence-corrected chi connectivity index (χ2v) is 6.11. The Hall–Kier alpha value is -1.70. The highest BCUT2D eigenvalue weighted by Gasteiger charge is 2.21. The molecule has 7 heteroatoms. The number of aromatic nitrogens is 1. The van der Waals surface area contributed by atoms with Gasteiger partial charge in [-0.05, 0) is 24.7 Å². The SMILES string of the molecule is CN1CCN(c2cc(CNC(=O)C3COCCN3)ccn2)CC1.